The van der Waals surface area contributed by atoms with Crippen LogP contribution in [0, 0.1) is 5.92 Å². The zero-order valence-electron chi connectivity index (χ0n) is 17.7. The summed E-state index contributed by atoms with van der Waals surface area (Å²) in [5.41, 5.74) is 5.62. The molecule has 0 aromatic heterocycles. The van der Waals surface area contributed by atoms with Crippen molar-refractivity contribution in [1.82, 2.24) is 16.0 Å². The first-order chi connectivity index (χ1) is 14.3. The Bertz CT molecular complexity index is 660. The van der Waals surface area contributed by atoms with Crippen molar-refractivity contribution < 1.29 is 39.3 Å². The predicted octanol–water partition coefficient (Wildman–Crippen LogP) is -1.93. The molecule has 0 saturated carbocycles. The van der Waals surface area contributed by atoms with E-state index in [0.717, 1.165) is 0 Å². The summed E-state index contributed by atoms with van der Waals surface area (Å²) < 4.78 is 0. The number of thiol groups is 1. The van der Waals surface area contributed by atoms with Gasteiger partial charge in [0.15, 0.2) is 0 Å². The number of rotatable bonds is 14. The average Bonchev–Trinajstić information content (AvgIpc) is 2.70. The maximum absolute atomic E-state index is 12.7. The standard InChI is InChI=1S/C18H32N4O8S/c1-4-8(2)13(16(27)20-11(7-31)18(29)30)21-17(28)14(9(3)23)22-15(26)10(19)5-6-12(24)25/h8-11,13-14,23,31H,4-7,19H2,1-3H3,(H,20,27)(H,21,28)(H,22,26)(H,24,25)(H,29,30). The number of aliphatic hydroxyl groups excluding tert-OH is 1. The van der Waals surface area contributed by atoms with Gasteiger partial charge >= 0.3 is 11.9 Å². The highest BCUT2D eigenvalue weighted by Crippen LogP contribution is 2.10. The first kappa shape index (κ1) is 28.6. The highest BCUT2D eigenvalue weighted by atomic mass is 32.1. The van der Waals surface area contributed by atoms with E-state index in [0.29, 0.717) is 6.42 Å². The van der Waals surface area contributed by atoms with Gasteiger partial charge in [0.1, 0.15) is 18.1 Å². The molecule has 6 atom stereocenters. The number of carboxylic acids is 2. The number of carbonyl (C=O) groups excluding carboxylic acids is 3. The SMILES string of the molecule is CCC(C)C(NC(=O)C(NC(=O)C(N)CCC(=O)O)C(C)O)C(=O)NC(CS)C(=O)O. The van der Waals surface area contributed by atoms with Crippen LogP contribution in [0.4, 0.5) is 0 Å². The fraction of sp³-hybridized carbons (Fsp3) is 0.722. The Morgan fingerprint density at radius 2 is 1.45 bits per heavy atom. The Labute approximate surface area is 185 Å². The Balaban J connectivity index is 5.36. The van der Waals surface area contributed by atoms with Gasteiger partial charge in [0.25, 0.3) is 0 Å². The van der Waals surface area contributed by atoms with Crippen molar-refractivity contribution in [2.75, 3.05) is 5.75 Å². The zero-order chi connectivity index (χ0) is 24.3. The lowest BCUT2D eigenvalue weighted by Crippen LogP contribution is -2.61. The third-order valence-corrected chi connectivity index (χ3v) is 5.02. The molecular weight excluding hydrogens is 432 g/mol. The van der Waals surface area contributed by atoms with Crippen LogP contribution in [0.3, 0.4) is 0 Å². The highest BCUT2D eigenvalue weighted by Gasteiger charge is 2.34. The van der Waals surface area contributed by atoms with Gasteiger partial charge < -0.3 is 37.0 Å². The molecule has 0 aliphatic rings. The van der Waals surface area contributed by atoms with Gasteiger partial charge in [-0.05, 0) is 19.3 Å². The highest BCUT2D eigenvalue weighted by molar-refractivity contribution is 7.80. The van der Waals surface area contributed by atoms with Crippen LogP contribution < -0.4 is 21.7 Å². The van der Waals surface area contributed by atoms with Gasteiger partial charge in [-0.15, -0.1) is 0 Å². The van der Waals surface area contributed by atoms with Crippen LogP contribution in [0.5, 0.6) is 0 Å². The molecule has 0 aromatic rings. The molecule has 0 saturated heterocycles. The molecule has 0 spiro atoms. The first-order valence-electron chi connectivity index (χ1n) is 9.75. The summed E-state index contributed by atoms with van der Waals surface area (Å²) in [4.78, 5) is 59.2. The van der Waals surface area contributed by atoms with Gasteiger partial charge in [0.05, 0.1) is 12.1 Å². The topological polar surface area (TPSA) is 208 Å². The summed E-state index contributed by atoms with van der Waals surface area (Å²) in [6.07, 6.45) is -1.43. The number of hydrogen-bond donors (Lipinski definition) is 8. The lowest BCUT2D eigenvalue weighted by atomic mass is 9.97. The van der Waals surface area contributed by atoms with E-state index in [1.54, 1.807) is 13.8 Å². The lowest BCUT2D eigenvalue weighted by Gasteiger charge is -2.28. The number of carboxylic acid groups (broad SMARTS) is 2. The van der Waals surface area contributed by atoms with E-state index >= 15 is 0 Å². The van der Waals surface area contributed by atoms with Crippen LogP contribution in [0.2, 0.25) is 0 Å². The van der Waals surface area contributed by atoms with Crippen LogP contribution in [0.1, 0.15) is 40.0 Å². The third-order valence-electron chi connectivity index (χ3n) is 4.66. The quantitative estimate of drug-likeness (QED) is 0.134. The van der Waals surface area contributed by atoms with E-state index < -0.39 is 65.8 Å². The Morgan fingerprint density at radius 3 is 1.87 bits per heavy atom. The second kappa shape index (κ2) is 13.8. The smallest absolute Gasteiger partial charge is 0.327 e. The van der Waals surface area contributed by atoms with Crippen LogP contribution in [-0.4, -0.2) is 81.0 Å². The van der Waals surface area contributed by atoms with Gasteiger partial charge in [0, 0.05) is 12.2 Å². The molecule has 0 fully saturated rings. The number of nitrogens with one attached hydrogen (secondary N) is 3. The van der Waals surface area contributed by atoms with Crippen LogP contribution in [0.25, 0.3) is 0 Å². The number of carbonyl (C=O) groups is 5. The molecule has 12 nitrogen and oxygen atoms in total. The fourth-order valence-electron chi connectivity index (χ4n) is 2.47. The molecule has 0 radical (unpaired) electrons. The zero-order valence-corrected chi connectivity index (χ0v) is 18.6. The summed E-state index contributed by atoms with van der Waals surface area (Å²) in [5, 5.41) is 34.7. The normalized spacial score (nSPS) is 16.7. The molecule has 13 heteroatoms. The molecule has 0 bridgehead atoms. The second-order valence-electron chi connectivity index (χ2n) is 7.22. The van der Waals surface area contributed by atoms with Crippen molar-refractivity contribution in [3.05, 3.63) is 0 Å². The molecule has 178 valence electrons. The van der Waals surface area contributed by atoms with E-state index in [2.05, 4.69) is 28.6 Å². The average molecular weight is 465 g/mol. The van der Waals surface area contributed by atoms with E-state index in [1.165, 1.54) is 6.92 Å². The first-order valence-corrected chi connectivity index (χ1v) is 10.4. The molecule has 31 heavy (non-hydrogen) atoms. The monoisotopic (exact) mass is 464 g/mol. The molecule has 6 unspecified atom stereocenters. The summed E-state index contributed by atoms with van der Waals surface area (Å²) in [7, 11) is 0. The minimum Gasteiger partial charge on any atom is -0.481 e. The summed E-state index contributed by atoms with van der Waals surface area (Å²) in [6.45, 7) is 4.67. The van der Waals surface area contributed by atoms with Gasteiger partial charge in [-0.3, -0.25) is 19.2 Å². The third kappa shape index (κ3) is 9.98. The van der Waals surface area contributed by atoms with Gasteiger partial charge in [-0.2, -0.15) is 12.6 Å². The van der Waals surface area contributed by atoms with Crippen LogP contribution >= 0.6 is 12.6 Å². The van der Waals surface area contributed by atoms with Crippen molar-refractivity contribution in [2.24, 2.45) is 11.7 Å². The summed E-state index contributed by atoms with van der Waals surface area (Å²) in [6, 6.07) is -5.09. The molecule has 0 aliphatic carbocycles. The van der Waals surface area contributed by atoms with Gasteiger partial charge in [0.2, 0.25) is 17.7 Å². The fourth-order valence-corrected chi connectivity index (χ4v) is 2.72. The van der Waals surface area contributed by atoms with Crippen molar-refractivity contribution in [1.29, 1.82) is 0 Å². The number of nitrogens with two attached hydrogens (primary N) is 1. The van der Waals surface area contributed by atoms with E-state index in [9.17, 15) is 29.1 Å². The van der Waals surface area contributed by atoms with Crippen molar-refractivity contribution in [3.63, 3.8) is 0 Å². The van der Waals surface area contributed by atoms with Gasteiger partial charge in [-0.1, -0.05) is 20.3 Å². The van der Waals surface area contributed by atoms with E-state index in [4.69, 9.17) is 15.9 Å². The predicted molar refractivity (Wildman–Crippen MR) is 113 cm³/mol. The number of aliphatic hydroxyl groups is 1. The van der Waals surface area contributed by atoms with Crippen LogP contribution in [-0.2, 0) is 24.0 Å². The van der Waals surface area contributed by atoms with Gasteiger partial charge in [-0.25, -0.2) is 4.79 Å². The second-order valence-corrected chi connectivity index (χ2v) is 7.58. The largest absolute Gasteiger partial charge is 0.481 e. The minimum atomic E-state index is -1.47. The Hall–Kier alpha value is -2.38. The number of hydrogen-bond acceptors (Lipinski definition) is 8. The molecular formula is C18H32N4O8S. The minimum absolute atomic E-state index is 0.164. The number of aliphatic carboxylic acids is 2. The van der Waals surface area contributed by atoms with E-state index in [1.807, 2.05) is 0 Å². The summed E-state index contributed by atoms with van der Waals surface area (Å²) in [5.74, 6) is -5.47. The maximum Gasteiger partial charge on any atom is 0.327 e. The molecule has 0 rings (SSSR count). The van der Waals surface area contributed by atoms with Crippen molar-refractivity contribution >= 4 is 42.3 Å². The lowest BCUT2D eigenvalue weighted by molar-refractivity contribution is -0.142. The molecule has 0 heterocycles. The molecule has 8 N–H and O–H groups in total. The Morgan fingerprint density at radius 1 is 0.935 bits per heavy atom. The van der Waals surface area contributed by atoms with Crippen molar-refractivity contribution in [3.8, 4) is 0 Å². The number of amides is 3. The maximum atomic E-state index is 12.7. The Kier molecular flexibility index (Phi) is 12.8. The summed E-state index contributed by atoms with van der Waals surface area (Å²) >= 11 is 3.88. The van der Waals surface area contributed by atoms with Crippen molar-refractivity contribution in [2.45, 2.75) is 70.3 Å². The van der Waals surface area contributed by atoms with E-state index in [-0.39, 0.29) is 18.6 Å². The molecule has 3 amide bonds. The molecule has 0 aromatic carbocycles. The molecule has 0 aliphatic heterocycles. The van der Waals surface area contributed by atoms with Crippen LogP contribution in [0.15, 0.2) is 0 Å².